The van der Waals surface area contributed by atoms with E-state index in [2.05, 4.69) is 48.0 Å². The number of pyridine rings is 1. The third-order valence-corrected chi connectivity index (χ3v) is 3.52. The van der Waals surface area contributed by atoms with E-state index in [1.54, 1.807) is 6.20 Å². The standard InChI is InChI=1S/C17H22N2O/c1-14-5-6-16(10-15(14)2)12-19(8-9-20)13-17-4-3-7-18-11-17/h3-7,10-11,20H,8-9,12-13H2,1-2H3. The number of hydrogen-bond donors (Lipinski definition) is 1. The fourth-order valence-electron chi connectivity index (χ4n) is 2.27. The lowest BCUT2D eigenvalue weighted by atomic mass is 10.1. The fraction of sp³-hybridized carbons (Fsp3) is 0.353. The van der Waals surface area contributed by atoms with Crippen LogP contribution < -0.4 is 0 Å². The quantitative estimate of drug-likeness (QED) is 0.876. The first-order valence-electron chi connectivity index (χ1n) is 6.97. The molecule has 3 heteroatoms. The molecule has 0 saturated heterocycles. The van der Waals surface area contributed by atoms with Gasteiger partial charge in [0.15, 0.2) is 0 Å². The van der Waals surface area contributed by atoms with Crippen molar-refractivity contribution < 1.29 is 5.11 Å². The molecule has 0 aliphatic heterocycles. The molecule has 0 radical (unpaired) electrons. The first-order valence-corrected chi connectivity index (χ1v) is 6.97. The van der Waals surface area contributed by atoms with Gasteiger partial charge in [0.2, 0.25) is 0 Å². The molecule has 0 unspecified atom stereocenters. The van der Waals surface area contributed by atoms with Gasteiger partial charge in [0.25, 0.3) is 0 Å². The summed E-state index contributed by atoms with van der Waals surface area (Å²) >= 11 is 0. The van der Waals surface area contributed by atoms with Crippen LogP contribution in [0.3, 0.4) is 0 Å². The van der Waals surface area contributed by atoms with Crippen molar-refractivity contribution in [2.45, 2.75) is 26.9 Å². The molecule has 106 valence electrons. The van der Waals surface area contributed by atoms with Crippen LogP contribution in [-0.4, -0.2) is 28.1 Å². The van der Waals surface area contributed by atoms with Crippen LogP contribution in [0.25, 0.3) is 0 Å². The fourth-order valence-corrected chi connectivity index (χ4v) is 2.27. The van der Waals surface area contributed by atoms with Gasteiger partial charge >= 0.3 is 0 Å². The molecule has 1 aromatic heterocycles. The zero-order valence-electron chi connectivity index (χ0n) is 12.2. The minimum absolute atomic E-state index is 0.172. The van der Waals surface area contributed by atoms with Gasteiger partial charge in [-0.2, -0.15) is 0 Å². The lowest BCUT2D eigenvalue weighted by molar-refractivity contribution is 0.184. The maximum Gasteiger partial charge on any atom is 0.0558 e. The van der Waals surface area contributed by atoms with Crippen LogP contribution in [0, 0.1) is 13.8 Å². The smallest absolute Gasteiger partial charge is 0.0558 e. The highest BCUT2D eigenvalue weighted by Gasteiger charge is 2.07. The minimum Gasteiger partial charge on any atom is -0.395 e. The summed E-state index contributed by atoms with van der Waals surface area (Å²) in [5, 5.41) is 9.23. The topological polar surface area (TPSA) is 36.4 Å². The highest BCUT2D eigenvalue weighted by Crippen LogP contribution is 2.13. The SMILES string of the molecule is Cc1ccc(CN(CCO)Cc2cccnc2)cc1C. The van der Waals surface area contributed by atoms with E-state index in [-0.39, 0.29) is 6.61 Å². The Labute approximate surface area is 120 Å². The molecule has 2 rings (SSSR count). The van der Waals surface area contributed by atoms with Crippen LogP contribution in [0.4, 0.5) is 0 Å². The van der Waals surface area contributed by atoms with Crippen LogP contribution in [-0.2, 0) is 13.1 Å². The zero-order chi connectivity index (χ0) is 14.4. The number of benzene rings is 1. The molecule has 20 heavy (non-hydrogen) atoms. The largest absolute Gasteiger partial charge is 0.395 e. The van der Waals surface area contributed by atoms with Crippen molar-refractivity contribution in [2.75, 3.05) is 13.2 Å². The predicted octanol–water partition coefficient (Wildman–Crippen LogP) is 2.69. The van der Waals surface area contributed by atoms with E-state index in [9.17, 15) is 5.11 Å². The van der Waals surface area contributed by atoms with Gasteiger partial charge in [-0.25, -0.2) is 0 Å². The van der Waals surface area contributed by atoms with E-state index >= 15 is 0 Å². The van der Waals surface area contributed by atoms with E-state index in [4.69, 9.17) is 0 Å². The maximum absolute atomic E-state index is 9.23. The van der Waals surface area contributed by atoms with Gasteiger partial charge in [-0.1, -0.05) is 24.3 Å². The number of nitrogens with zero attached hydrogens (tertiary/aromatic N) is 2. The first kappa shape index (κ1) is 14.7. The highest BCUT2D eigenvalue weighted by molar-refractivity contribution is 5.29. The summed E-state index contributed by atoms with van der Waals surface area (Å²) in [4.78, 5) is 6.38. The Morgan fingerprint density at radius 3 is 2.50 bits per heavy atom. The molecule has 0 aliphatic carbocycles. The number of aryl methyl sites for hydroxylation is 2. The molecule has 0 amide bonds. The second-order valence-electron chi connectivity index (χ2n) is 5.21. The van der Waals surface area contributed by atoms with Crippen LogP contribution in [0.2, 0.25) is 0 Å². The lowest BCUT2D eigenvalue weighted by Gasteiger charge is -2.21. The number of rotatable bonds is 6. The van der Waals surface area contributed by atoms with E-state index in [1.165, 1.54) is 22.3 Å². The average molecular weight is 270 g/mol. The third-order valence-electron chi connectivity index (χ3n) is 3.52. The summed E-state index contributed by atoms with van der Waals surface area (Å²) in [7, 11) is 0. The van der Waals surface area contributed by atoms with Crippen LogP contribution in [0.15, 0.2) is 42.7 Å². The van der Waals surface area contributed by atoms with E-state index in [1.807, 2.05) is 12.3 Å². The van der Waals surface area contributed by atoms with Crippen molar-refractivity contribution in [1.29, 1.82) is 0 Å². The molecule has 1 N–H and O–H groups in total. The highest BCUT2D eigenvalue weighted by atomic mass is 16.3. The summed E-state index contributed by atoms with van der Waals surface area (Å²) in [5.74, 6) is 0. The number of aromatic nitrogens is 1. The Kier molecular flexibility index (Phi) is 5.27. The van der Waals surface area contributed by atoms with Crippen LogP contribution >= 0.6 is 0 Å². The molecule has 0 bridgehead atoms. The zero-order valence-corrected chi connectivity index (χ0v) is 12.2. The molecular formula is C17H22N2O. The van der Waals surface area contributed by atoms with Crippen molar-refractivity contribution in [2.24, 2.45) is 0 Å². The predicted molar refractivity (Wildman–Crippen MR) is 81.4 cm³/mol. The van der Waals surface area contributed by atoms with E-state index in [0.717, 1.165) is 13.1 Å². The molecule has 1 heterocycles. The third kappa shape index (κ3) is 4.15. The molecule has 2 aromatic rings. The van der Waals surface area contributed by atoms with Gasteiger partial charge in [-0.15, -0.1) is 0 Å². The van der Waals surface area contributed by atoms with Gasteiger partial charge in [-0.3, -0.25) is 9.88 Å². The second kappa shape index (κ2) is 7.17. The van der Waals surface area contributed by atoms with Gasteiger partial charge < -0.3 is 5.11 Å². The number of hydrogen-bond acceptors (Lipinski definition) is 3. The van der Waals surface area contributed by atoms with Crippen LogP contribution in [0.5, 0.6) is 0 Å². The van der Waals surface area contributed by atoms with Crippen molar-refractivity contribution in [1.82, 2.24) is 9.88 Å². The second-order valence-corrected chi connectivity index (χ2v) is 5.21. The first-order chi connectivity index (χ1) is 9.69. The molecule has 3 nitrogen and oxygen atoms in total. The Bertz CT molecular complexity index is 540. The maximum atomic E-state index is 9.23. The molecule has 0 spiro atoms. The summed E-state index contributed by atoms with van der Waals surface area (Å²) in [6, 6.07) is 10.6. The minimum atomic E-state index is 0.172. The molecule has 1 aromatic carbocycles. The van der Waals surface area contributed by atoms with Crippen molar-refractivity contribution in [3.8, 4) is 0 Å². The Hall–Kier alpha value is -1.71. The molecule has 0 saturated carbocycles. The van der Waals surface area contributed by atoms with E-state index in [0.29, 0.717) is 6.54 Å². The number of aliphatic hydroxyl groups is 1. The van der Waals surface area contributed by atoms with Crippen LogP contribution in [0.1, 0.15) is 22.3 Å². The van der Waals surface area contributed by atoms with Crippen molar-refractivity contribution in [3.05, 3.63) is 65.0 Å². The van der Waals surface area contributed by atoms with E-state index < -0.39 is 0 Å². The summed E-state index contributed by atoms with van der Waals surface area (Å²) in [5.41, 5.74) is 5.08. The Morgan fingerprint density at radius 2 is 1.85 bits per heavy atom. The summed E-state index contributed by atoms with van der Waals surface area (Å²) in [6.07, 6.45) is 3.66. The molecule has 0 fully saturated rings. The molecule has 0 atom stereocenters. The summed E-state index contributed by atoms with van der Waals surface area (Å²) < 4.78 is 0. The van der Waals surface area contributed by atoms with Gasteiger partial charge in [0, 0.05) is 32.0 Å². The summed E-state index contributed by atoms with van der Waals surface area (Å²) in [6.45, 7) is 6.75. The normalized spacial score (nSPS) is 11.0. The Morgan fingerprint density at radius 1 is 1.05 bits per heavy atom. The van der Waals surface area contributed by atoms with Crippen molar-refractivity contribution >= 4 is 0 Å². The number of aliphatic hydroxyl groups excluding tert-OH is 1. The molecule has 0 aliphatic rings. The van der Waals surface area contributed by atoms with Gasteiger partial charge in [0.05, 0.1) is 6.61 Å². The van der Waals surface area contributed by atoms with Gasteiger partial charge in [-0.05, 0) is 42.2 Å². The van der Waals surface area contributed by atoms with Gasteiger partial charge in [0.1, 0.15) is 0 Å². The monoisotopic (exact) mass is 270 g/mol. The Balaban J connectivity index is 2.06. The average Bonchev–Trinajstić information content (AvgIpc) is 2.44. The molecular weight excluding hydrogens is 248 g/mol. The lowest BCUT2D eigenvalue weighted by Crippen LogP contribution is -2.26. The van der Waals surface area contributed by atoms with Crippen molar-refractivity contribution in [3.63, 3.8) is 0 Å².